The van der Waals surface area contributed by atoms with Gasteiger partial charge in [0.1, 0.15) is 5.75 Å². The lowest BCUT2D eigenvalue weighted by atomic mass is 9.99. The Morgan fingerprint density at radius 2 is 1.24 bits per heavy atom. The van der Waals surface area contributed by atoms with Gasteiger partial charge >= 0.3 is 5.97 Å². The molecule has 4 nitrogen and oxygen atoms in total. The van der Waals surface area contributed by atoms with E-state index in [0.717, 1.165) is 23.1 Å². The summed E-state index contributed by atoms with van der Waals surface area (Å²) in [6.07, 6.45) is 0.737. The molecule has 0 aliphatic heterocycles. The predicted octanol–water partition coefficient (Wildman–Crippen LogP) is 5.90. The Labute approximate surface area is 194 Å². The van der Waals surface area contributed by atoms with E-state index in [1.54, 1.807) is 36.4 Å². The fourth-order valence-electron chi connectivity index (χ4n) is 3.46. The van der Waals surface area contributed by atoms with Gasteiger partial charge in [0.05, 0.1) is 5.56 Å². The van der Waals surface area contributed by atoms with Crippen LogP contribution in [-0.4, -0.2) is 11.9 Å². The predicted molar refractivity (Wildman–Crippen MR) is 132 cm³/mol. The number of carbonyl (C=O) groups is 2. The largest absolute Gasteiger partial charge is 0.422 e. The van der Waals surface area contributed by atoms with Crippen molar-refractivity contribution < 1.29 is 14.3 Å². The average Bonchev–Trinajstić information content (AvgIpc) is 2.83. The van der Waals surface area contributed by atoms with Gasteiger partial charge in [-0.3, -0.25) is 4.79 Å². The molecule has 0 saturated carbocycles. The number of primary amides is 1. The maximum Gasteiger partial charge on any atom is 0.343 e. The number of rotatable bonds is 5. The molecule has 1 amide bonds. The van der Waals surface area contributed by atoms with Crippen LogP contribution in [0.4, 0.5) is 0 Å². The van der Waals surface area contributed by atoms with Gasteiger partial charge in [0.2, 0.25) is 5.91 Å². The van der Waals surface area contributed by atoms with Crippen molar-refractivity contribution in [2.24, 2.45) is 5.73 Å². The van der Waals surface area contributed by atoms with Gasteiger partial charge in [-0.2, -0.15) is 0 Å². The number of benzene rings is 4. The molecule has 0 aliphatic rings. The van der Waals surface area contributed by atoms with E-state index in [-0.39, 0.29) is 11.9 Å². The summed E-state index contributed by atoms with van der Waals surface area (Å²) in [4.78, 5) is 22.9. The van der Waals surface area contributed by atoms with Crippen molar-refractivity contribution in [1.29, 1.82) is 0 Å². The maximum absolute atomic E-state index is 12.4. The highest BCUT2D eigenvalue weighted by atomic mass is 16.5. The molecule has 4 heteroatoms. The van der Waals surface area contributed by atoms with Crippen molar-refractivity contribution in [2.45, 2.75) is 20.3 Å². The number of amides is 1. The Morgan fingerprint density at radius 3 is 1.76 bits per heavy atom. The van der Waals surface area contributed by atoms with Crippen LogP contribution in [0.25, 0.3) is 0 Å². The zero-order chi connectivity index (χ0) is 23.6. The van der Waals surface area contributed by atoms with Gasteiger partial charge in [-0.15, -0.1) is 0 Å². The first-order valence-corrected chi connectivity index (χ1v) is 10.7. The third-order valence-corrected chi connectivity index (χ3v) is 5.00. The maximum atomic E-state index is 12.4. The first kappa shape index (κ1) is 23.5. The van der Waals surface area contributed by atoms with E-state index in [1.165, 1.54) is 5.56 Å². The first-order chi connectivity index (χ1) is 15.9. The fourth-order valence-corrected chi connectivity index (χ4v) is 3.46. The van der Waals surface area contributed by atoms with Gasteiger partial charge in [0.15, 0.2) is 0 Å². The van der Waals surface area contributed by atoms with E-state index >= 15 is 0 Å². The van der Waals surface area contributed by atoms with Crippen LogP contribution in [0.2, 0.25) is 0 Å². The zero-order valence-corrected chi connectivity index (χ0v) is 18.8. The molecule has 0 bridgehead atoms. The SMILES string of the molecule is Cc1cc(C)c(OC(=O)c2ccccc2)c(Cc2ccccc2)c1.NC(=O)c1ccccc1. The highest BCUT2D eigenvalue weighted by molar-refractivity contribution is 5.92. The smallest absolute Gasteiger partial charge is 0.343 e. The molecule has 0 heterocycles. The van der Waals surface area contributed by atoms with Crippen molar-refractivity contribution in [1.82, 2.24) is 0 Å². The number of hydrogen-bond acceptors (Lipinski definition) is 3. The molecule has 0 unspecified atom stereocenters. The summed E-state index contributed by atoms with van der Waals surface area (Å²) in [7, 11) is 0. The number of esters is 1. The van der Waals surface area contributed by atoms with Gasteiger partial charge in [0, 0.05) is 12.0 Å². The second-order valence-corrected chi connectivity index (χ2v) is 7.72. The highest BCUT2D eigenvalue weighted by Crippen LogP contribution is 2.28. The minimum absolute atomic E-state index is 0.322. The molecular formula is C29H27NO3. The second-order valence-electron chi connectivity index (χ2n) is 7.72. The molecule has 0 spiro atoms. The molecule has 0 saturated heterocycles. The summed E-state index contributed by atoms with van der Waals surface area (Å²) >= 11 is 0. The van der Waals surface area contributed by atoms with Crippen LogP contribution < -0.4 is 10.5 Å². The lowest BCUT2D eigenvalue weighted by molar-refractivity contribution is 0.0731. The van der Waals surface area contributed by atoms with Crippen LogP contribution in [0, 0.1) is 13.8 Å². The van der Waals surface area contributed by atoms with Crippen molar-refractivity contribution in [2.75, 3.05) is 0 Å². The Hall–Kier alpha value is -4.18. The quantitative estimate of drug-likeness (QED) is 0.312. The molecule has 33 heavy (non-hydrogen) atoms. The summed E-state index contributed by atoms with van der Waals surface area (Å²) < 4.78 is 5.75. The topological polar surface area (TPSA) is 69.4 Å². The number of carbonyl (C=O) groups excluding carboxylic acids is 2. The molecule has 2 N–H and O–H groups in total. The number of hydrogen-bond donors (Lipinski definition) is 1. The summed E-state index contributed by atoms with van der Waals surface area (Å²) in [6.45, 7) is 4.04. The highest BCUT2D eigenvalue weighted by Gasteiger charge is 2.15. The molecule has 0 aromatic heterocycles. The number of ether oxygens (including phenoxy) is 1. The standard InChI is InChI=1S/C22H20O2.C7H7NO/c1-16-13-17(2)21(24-22(23)19-11-7-4-8-12-19)20(14-16)15-18-9-5-3-6-10-18;8-7(9)6-4-2-1-3-5-6/h3-14H,15H2,1-2H3;1-5H,(H2,8,9). The third kappa shape index (κ3) is 6.91. The van der Waals surface area contributed by atoms with Crippen LogP contribution in [0.1, 0.15) is 43.0 Å². The Balaban J connectivity index is 0.000000286. The van der Waals surface area contributed by atoms with Crippen molar-refractivity contribution in [3.05, 3.63) is 137 Å². The molecule has 0 atom stereocenters. The lowest BCUT2D eigenvalue weighted by Gasteiger charge is -2.14. The monoisotopic (exact) mass is 437 g/mol. The number of nitrogens with two attached hydrogens (primary N) is 1. The zero-order valence-electron chi connectivity index (χ0n) is 18.8. The van der Waals surface area contributed by atoms with Crippen LogP contribution in [0.15, 0.2) is 103 Å². The minimum Gasteiger partial charge on any atom is -0.422 e. The van der Waals surface area contributed by atoms with E-state index in [0.29, 0.717) is 16.9 Å². The van der Waals surface area contributed by atoms with Crippen molar-refractivity contribution in [3.63, 3.8) is 0 Å². The minimum atomic E-state index is -0.379. The first-order valence-electron chi connectivity index (χ1n) is 10.7. The van der Waals surface area contributed by atoms with Gasteiger partial charge in [-0.1, -0.05) is 84.4 Å². The summed E-state index contributed by atoms with van der Waals surface area (Å²) in [6, 6.07) is 32.2. The summed E-state index contributed by atoms with van der Waals surface area (Å²) in [5.74, 6) is -0.0363. The second kappa shape index (κ2) is 11.4. The van der Waals surface area contributed by atoms with E-state index in [1.807, 2.05) is 55.5 Å². The number of aryl methyl sites for hydroxylation is 2. The summed E-state index contributed by atoms with van der Waals surface area (Å²) in [5.41, 5.74) is 10.5. The lowest BCUT2D eigenvalue weighted by Crippen LogP contribution is -2.11. The van der Waals surface area contributed by atoms with Gasteiger partial charge in [0.25, 0.3) is 0 Å². The molecule has 4 rings (SSSR count). The van der Waals surface area contributed by atoms with Crippen LogP contribution in [0.3, 0.4) is 0 Å². The average molecular weight is 438 g/mol. The van der Waals surface area contributed by atoms with Crippen LogP contribution in [-0.2, 0) is 6.42 Å². The van der Waals surface area contributed by atoms with Gasteiger partial charge in [-0.05, 0) is 54.8 Å². The van der Waals surface area contributed by atoms with Gasteiger partial charge < -0.3 is 10.5 Å². The normalized spacial score (nSPS) is 10.0. The van der Waals surface area contributed by atoms with Crippen LogP contribution in [0.5, 0.6) is 5.75 Å². The van der Waals surface area contributed by atoms with Gasteiger partial charge in [-0.25, -0.2) is 4.79 Å². The molecule has 4 aromatic carbocycles. The molecule has 166 valence electrons. The van der Waals surface area contributed by atoms with E-state index in [9.17, 15) is 9.59 Å². The fraction of sp³-hybridized carbons (Fsp3) is 0.103. The Bertz CT molecular complexity index is 1200. The Morgan fingerprint density at radius 1 is 0.727 bits per heavy atom. The summed E-state index contributed by atoms with van der Waals surface area (Å²) in [5, 5.41) is 0. The van der Waals surface area contributed by atoms with E-state index in [4.69, 9.17) is 10.5 Å². The van der Waals surface area contributed by atoms with E-state index in [2.05, 4.69) is 25.1 Å². The Kier molecular flexibility index (Phi) is 8.14. The van der Waals surface area contributed by atoms with Crippen LogP contribution >= 0.6 is 0 Å². The van der Waals surface area contributed by atoms with Crippen molar-refractivity contribution >= 4 is 11.9 Å². The molecule has 0 fully saturated rings. The molecule has 0 radical (unpaired) electrons. The third-order valence-electron chi connectivity index (χ3n) is 5.00. The molecular weight excluding hydrogens is 410 g/mol. The molecule has 4 aromatic rings. The van der Waals surface area contributed by atoms with Crippen molar-refractivity contribution in [3.8, 4) is 5.75 Å². The van der Waals surface area contributed by atoms with E-state index < -0.39 is 0 Å². The molecule has 0 aliphatic carbocycles.